The number of pyridine rings is 2. The molecule has 2 aromatic heterocycles. The van der Waals surface area contributed by atoms with Crippen molar-refractivity contribution in [3.63, 3.8) is 0 Å². The standard InChI is InChI=1S/C22H23N3O2/c1-2-6-21-17(4-1)7-8-18(24-21)14-25-15-22(16-25)12-19(9-11-26-22)27-20-5-3-10-23-13-20/h1-8,10,13,19H,9,11-12,14-16H2. The fourth-order valence-corrected chi connectivity index (χ4v) is 4.22. The van der Waals surface area contributed by atoms with E-state index >= 15 is 0 Å². The van der Waals surface area contributed by atoms with Gasteiger partial charge in [0.25, 0.3) is 0 Å². The summed E-state index contributed by atoms with van der Waals surface area (Å²) < 4.78 is 12.3. The molecule has 2 aliphatic heterocycles. The van der Waals surface area contributed by atoms with Gasteiger partial charge in [-0.05, 0) is 24.3 Å². The van der Waals surface area contributed by atoms with Crippen molar-refractivity contribution in [2.75, 3.05) is 19.7 Å². The minimum Gasteiger partial charge on any atom is -0.489 e. The topological polar surface area (TPSA) is 47.5 Å². The van der Waals surface area contributed by atoms with Crippen molar-refractivity contribution in [3.05, 3.63) is 66.6 Å². The fourth-order valence-electron chi connectivity index (χ4n) is 4.22. The van der Waals surface area contributed by atoms with Gasteiger partial charge in [-0.2, -0.15) is 0 Å². The van der Waals surface area contributed by atoms with E-state index in [-0.39, 0.29) is 11.7 Å². The highest BCUT2D eigenvalue weighted by molar-refractivity contribution is 5.78. The zero-order valence-electron chi connectivity index (χ0n) is 15.3. The van der Waals surface area contributed by atoms with Gasteiger partial charge in [0, 0.05) is 44.1 Å². The van der Waals surface area contributed by atoms with Gasteiger partial charge in [0.05, 0.1) is 29.6 Å². The highest BCUT2D eigenvalue weighted by Crippen LogP contribution is 2.36. The maximum atomic E-state index is 6.15. The molecule has 1 aromatic carbocycles. The van der Waals surface area contributed by atoms with Crippen LogP contribution in [0.25, 0.3) is 10.9 Å². The number of fused-ring (bicyclic) bond motifs is 1. The van der Waals surface area contributed by atoms with E-state index in [0.717, 1.165) is 56.0 Å². The Morgan fingerprint density at radius 2 is 2.04 bits per heavy atom. The lowest BCUT2D eigenvalue weighted by molar-refractivity contribution is -0.188. The number of nitrogens with zero attached hydrogens (tertiary/aromatic N) is 3. The van der Waals surface area contributed by atoms with Crippen molar-refractivity contribution in [1.29, 1.82) is 0 Å². The average molecular weight is 361 g/mol. The summed E-state index contributed by atoms with van der Waals surface area (Å²) in [4.78, 5) is 11.3. The summed E-state index contributed by atoms with van der Waals surface area (Å²) in [5, 5.41) is 1.19. The van der Waals surface area contributed by atoms with E-state index in [1.807, 2.05) is 24.3 Å². The number of hydrogen-bond donors (Lipinski definition) is 0. The third kappa shape index (κ3) is 3.53. The minimum atomic E-state index is -0.0675. The van der Waals surface area contributed by atoms with Crippen LogP contribution in [0.2, 0.25) is 0 Å². The number of hydrogen-bond acceptors (Lipinski definition) is 5. The van der Waals surface area contributed by atoms with Crippen LogP contribution in [0.15, 0.2) is 60.9 Å². The SMILES string of the molecule is c1cncc(OC2CCOC3(C2)CN(Cc2ccc4ccccc4n2)C3)c1. The molecule has 4 heterocycles. The number of rotatable bonds is 4. The highest BCUT2D eigenvalue weighted by atomic mass is 16.5. The van der Waals surface area contributed by atoms with Gasteiger partial charge in [-0.25, -0.2) is 0 Å². The first-order valence-corrected chi connectivity index (χ1v) is 9.56. The Kier molecular flexibility index (Phi) is 4.26. The lowest BCUT2D eigenvalue weighted by Gasteiger charge is -2.53. The van der Waals surface area contributed by atoms with E-state index in [4.69, 9.17) is 14.5 Å². The molecule has 0 aliphatic carbocycles. The maximum Gasteiger partial charge on any atom is 0.138 e. The largest absolute Gasteiger partial charge is 0.489 e. The summed E-state index contributed by atoms with van der Waals surface area (Å²) in [7, 11) is 0. The Labute approximate surface area is 159 Å². The first-order valence-electron chi connectivity index (χ1n) is 9.56. The number of ether oxygens (including phenoxy) is 2. The van der Waals surface area contributed by atoms with Crippen LogP contribution < -0.4 is 4.74 Å². The van der Waals surface area contributed by atoms with Crippen LogP contribution in [-0.4, -0.2) is 46.3 Å². The number of likely N-dealkylation sites (tertiary alicyclic amines) is 1. The first-order chi connectivity index (χ1) is 13.3. The molecule has 1 spiro atoms. The molecule has 5 heteroatoms. The Balaban J connectivity index is 1.20. The summed E-state index contributed by atoms with van der Waals surface area (Å²) in [5.74, 6) is 0.844. The van der Waals surface area contributed by atoms with Crippen LogP contribution in [0.4, 0.5) is 0 Å². The lowest BCUT2D eigenvalue weighted by atomic mass is 9.84. The molecule has 3 aromatic rings. The number of para-hydroxylation sites is 1. The molecule has 27 heavy (non-hydrogen) atoms. The zero-order valence-corrected chi connectivity index (χ0v) is 15.3. The van der Waals surface area contributed by atoms with E-state index in [1.165, 1.54) is 5.39 Å². The second-order valence-electron chi connectivity index (χ2n) is 7.59. The Bertz CT molecular complexity index is 925. The molecule has 1 unspecified atom stereocenters. The Morgan fingerprint density at radius 3 is 2.93 bits per heavy atom. The Hall–Kier alpha value is -2.50. The fraction of sp³-hybridized carbons (Fsp3) is 0.364. The van der Waals surface area contributed by atoms with E-state index < -0.39 is 0 Å². The molecule has 2 saturated heterocycles. The van der Waals surface area contributed by atoms with Gasteiger partial charge in [0.1, 0.15) is 11.9 Å². The van der Waals surface area contributed by atoms with Crippen LogP contribution in [0.3, 0.4) is 0 Å². The molecular weight excluding hydrogens is 338 g/mol. The molecule has 5 rings (SSSR count). The van der Waals surface area contributed by atoms with Crippen LogP contribution in [0.5, 0.6) is 5.75 Å². The van der Waals surface area contributed by atoms with Crippen molar-refractivity contribution in [2.45, 2.75) is 31.1 Å². The van der Waals surface area contributed by atoms with E-state index in [1.54, 1.807) is 12.4 Å². The second-order valence-corrected chi connectivity index (χ2v) is 7.59. The van der Waals surface area contributed by atoms with Crippen LogP contribution in [0.1, 0.15) is 18.5 Å². The summed E-state index contributed by atoms with van der Waals surface area (Å²) in [6, 6.07) is 16.4. The smallest absolute Gasteiger partial charge is 0.138 e. The van der Waals surface area contributed by atoms with Crippen molar-refractivity contribution < 1.29 is 9.47 Å². The average Bonchev–Trinajstić information content (AvgIpc) is 2.68. The maximum absolute atomic E-state index is 6.15. The number of benzene rings is 1. The molecule has 0 saturated carbocycles. The summed E-state index contributed by atoms with van der Waals surface area (Å²) in [6.45, 7) is 3.50. The van der Waals surface area contributed by atoms with Gasteiger partial charge in [-0.15, -0.1) is 0 Å². The van der Waals surface area contributed by atoms with E-state index in [2.05, 4.69) is 34.1 Å². The van der Waals surface area contributed by atoms with Crippen molar-refractivity contribution in [3.8, 4) is 5.75 Å². The molecule has 2 aliphatic rings. The molecular formula is C22H23N3O2. The lowest BCUT2D eigenvalue weighted by Crippen LogP contribution is -2.65. The van der Waals surface area contributed by atoms with Gasteiger partial charge in [-0.1, -0.05) is 24.3 Å². The van der Waals surface area contributed by atoms with Crippen molar-refractivity contribution in [2.24, 2.45) is 0 Å². The molecule has 0 radical (unpaired) electrons. The Morgan fingerprint density at radius 1 is 1.11 bits per heavy atom. The van der Waals surface area contributed by atoms with Crippen LogP contribution >= 0.6 is 0 Å². The predicted octanol–water partition coefficient (Wildman–Crippen LogP) is 3.44. The predicted molar refractivity (Wildman–Crippen MR) is 104 cm³/mol. The third-order valence-corrected chi connectivity index (χ3v) is 5.45. The molecule has 0 N–H and O–H groups in total. The molecule has 0 bridgehead atoms. The van der Waals surface area contributed by atoms with Gasteiger partial charge in [0.15, 0.2) is 0 Å². The van der Waals surface area contributed by atoms with Gasteiger partial charge in [0.2, 0.25) is 0 Å². The van der Waals surface area contributed by atoms with Crippen molar-refractivity contribution in [1.82, 2.24) is 14.9 Å². The summed E-state index contributed by atoms with van der Waals surface area (Å²) in [6.07, 6.45) is 5.61. The molecule has 2 fully saturated rings. The zero-order chi connectivity index (χ0) is 18.1. The summed E-state index contributed by atoms with van der Waals surface area (Å²) >= 11 is 0. The van der Waals surface area contributed by atoms with Gasteiger partial charge < -0.3 is 9.47 Å². The molecule has 0 amide bonds. The molecule has 1 atom stereocenters. The first kappa shape index (κ1) is 16.7. The second kappa shape index (κ2) is 6.91. The summed E-state index contributed by atoms with van der Waals surface area (Å²) in [5.41, 5.74) is 2.11. The van der Waals surface area contributed by atoms with E-state index in [9.17, 15) is 0 Å². The monoisotopic (exact) mass is 361 g/mol. The molecule has 138 valence electrons. The highest BCUT2D eigenvalue weighted by Gasteiger charge is 2.48. The molecule has 5 nitrogen and oxygen atoms in total. The van der Waals surface area contributed by atoms with Gasteiger partial charge in [-0.3, -0.25) is 14.9 Å². The quantitative estimate of drug-likeness (QED) is 0.712. The van der Waals surface area contributed by atoms with Crippen LogP contribution in [0, 0.1) is 0 Å². The minimum absolute atomic E-state index is 0.0675. The van der Waals surface area contributed by atoms with Crippen molar-refractivity contribution >= 4 is 10.9 Å². The normalized spacial score (nSPS) is 21.9. The third-order valence-electron chi connectivity index (χ3n) is 5.45. The van der Waals surface area contributed by atoms with Gasteiger partial charge >= 0.3 is 0 Å². The van der Waals surface area contributed by atoms with E-state index in [0.29, 0.717) is 0 Å². The number of aromatic nitrogens is 2. The van der Waals surface area contributed by atoms with Crippen LogP contribution in [-0.2, 0) is 11.3 Å².